The van der Waals surface area contributed by atoms with Gasteiger partial charge < -0.3 is 9.47 Å². The van der Waals surface area contributed by atoms with Crippen molar-refractivity contribution in [2.45, 2.75) is 19.6 Å². The standard InChI is InChI=1S/C19H22O3Si/c1-5-14-21-16-11-7-6-10-15(16)19(20)22-17-12-8-9-13-18(17)23(2,3)4/h5-13H,1,14H2,2-4H3. The van der Waals surface area contributed by atoms with Crippen molar-refractivity contribution in [3.8, 4) is 11.5 Å². The molecule has 0 amide bonds. The molecular weight excluding hydrogens is 304 g/mol. The van der Waals surface area contributed by atoms with Gasteiger partial charge in [0.2, 0.25) is 0 Å². The number of ether oxygens (including phenoxy) is 2. The zero-order valence-electron chi connectivity index (χ0n) is 13.8. The fourth-order valence-corrected chi connectivity index (χ4v) is 3.71. The van der Waals surface area contributed by atoms with Crippen molar-refractivity contribution in [2.75, 3.05) is 6.61 Å². The largest absolute Gasteiger partial charge is 0.489 e. The SMILES string of the molecule is C=CCOc1ccccc1C(=O)Oc1ccccc1[Si](C)(C)C. The Morgan fingerprint density at radius 1 is 1.04 bits per heavy atom. The van der Waals surface area contributed by atoms with Gasteiger partial charge in [0.25, 0.3) is 0 Å². The molecule has 120 valence electrons. The van der Waals surface area contributed by atoms with Crippen molar-refractivity contribution < 1.29 is 14.3 Å². The third-order valence-corrected chi connectivity index (χ3v) is 5.39. The van der Waals surface area contributed by atoms with E-state index in [1.165, 1.54) is 0 Å². The van der Waals surface area contributed by atoms with Gasteiger partial charge in [-0.3, -0.25) is 0 Å². The molecular formula is C19H22O3Si. The molecule has 0 aliphatic rings. The summed E-state index contributed by atoms with van der Waals surface area (Å²) in [5, 5.41) is 1.12. The molecule has 0 aliphatic heterocycles. The zero-order valence-corrected chi connectivity index (χ0v) is 14.8. The highest BCUT2D eigenvalue weighted by atomic mass is 28.3. The molecule has 2 aromatic carbocycles. The Bertz CT molecular complexity index is 702. The maximum atomic E-state index is 12.6. The number of benzene rings is 2. The first-order valence-electron chi connectivity index (χ1n) is 7.58. The van der Waals surface area contributed by atoms with Gasteiger partial charge in [0.1, 0.15) is 23.7 Å². The molecule has 0 bridgehead atoms. The zero-order chi connectivity index (χ0) is 16.9. The molecule has 0 radical (unpaired) electrons. The lowest BCUT2D eigenvalue weighted by Gasteiger charge is -2.20. The smallest absolute Gasteiger partial charge is 0.347 e. The van der Waals surface area contributed by atoms with Gasteiger partial charge >= 0.3 is 5.97 Å². The molecule has 0 heterocycles. The molecule has 0 fully saturated rings. The quantitative estimate of drug-likeness (QED) is 0.348. The van der Waals surface area contributed by atoms with E-state index in [0.717, 1.165) is 5.19 Å². The highest BCUT2D eigenvalue weighted by molar-refractivity contribution is 6.89. The Labute approximate surface area is 138 Å². The van der Waals surface area contributed by atoms with E-state index in [0.29, 0.717) is 23.7 Å². The fraction of sp³-hybridized carbons (Fsp3) is 0.211. The number of hydrogen-bond donors (Lipinski definition) is 0. The van der Waals surface area contributed by atoms with Gasteiger partial charge in [-0.2, -0.15) is 0 Å². The van der Waals surface area contributed by atoms with Gasteiger partial charge in [0.15, 0.2) is 0 Å². The van der Waals surface area contributed by atoms with Gasteiger partial charge in [-0.25, -0.2) is 4.79 Å². The number of para-hydroxylation sites is 2. The van der Waals surface area contributed by atoms with Crippen LogP contribution in [0.1, 0.15) is 10.4 Å². The van der Waals surface area contributed by atoms with Crippen LogP contribution in [0.5, 0.6) is 11.5 Å². The molecule has 0 unspecified atom stereocenters. The first kappa shape index (κ1) is 17.0. The van der Waals surface area contributed by atoms with Gasteiger partial charge in [-0.05, 0) is 23.4 Å². The van der Waals surface area contributed by atoms with Crippen molar-refractivity contribution >= 4 is 19.2 Å². The third-order valence-electron chi connectivity index (χ3n) is 3.36. The van der Waals surface area contributed by atoms with Crippen molar-refractivity contribution in [1.82, 2.24) is 0 Å². The van der Waals surface area contributed by atoms with E-state index in [1.807, 2.05) is 30.3 Å². The second-order valence-corrected chi connectivity index (χ2v) is 11.3. The minimum atomic E-state index is -1.60. The minimum absolute atomic E-state index is 0.343. The van der Waals surface area contributed by atoms with Crippen molar-refractivity contribution in [1.29, 1.82) is 0 Å². The summed E-state index contributed by atoms with van der Waals surface area (Å²) in [6.45, 7) is 10.6. The van der Waals surface area contributed by atoms with Gasteiger partial charge in [0.05, 0.1) is 8.07 Å². The highest BCUT2D eigenvalue weighted by Crippen LogP contribution is 2.21. The molecule has 0 saturated carbocycles. The molecule has 0 atom stereocenters. The summed E-state index contributed by atoms with van der Waals surface area (Å²) in [6.07, 6.45) is 1.64. The van der Waals surface area contributed by atoms with E-state index < -0.39 is 14.0 Å². The Hall–Kier alpha value is -2.33. The van der Waals surface area contributed by atoms with Crippen LogP contribution in [-0.4, -0.2) is 20.7 Å². The lowest BCUT2D eigenvalue weighted by Crippen LogP contribution is -2.39. The summed E-state index contributed by atoms with van der Waals surface area (Å²) in [4.78, 5) is 12.6. The van der Waals surface area contributed by atoms with Crippen LogP contribution in [0, 0.1) is 0 Å². The van der Waals surface area contributed by atoms with Crippen LogP contribution >= 0.6 is 0 Å². The van der Waals surface area contributed by atoms with E-state index in [9.17, 15) is 4.79 Å². The lowest BCUT2D eigenvalue weighted by molar-refractivity contribution is 0.0732. The van der Waals surface area contributed by atoms with Crippen LogP contribution in [0.15, 0.2) is 61.2 Å². The van der Waals surface area contributed by atoms with E-state index >= 15 is 0 Å². The molecule has 3 nitrogen and oxygen atoms in total. The van der Waals surface area contributed by atoms with Crippen LogP contribution in [0.25, 0.3) is 0 Å². The molecule has 0 aromatic heterocycles. The summed E-state index contributed by atoms with van der Waals surface area (Å²) in [5.41, 5.74) is 0.416. The number of hydrogen-bond acceptors (Lipinski definition) is 3. The van der Waals surface area contributed by atoms with E-state index in [-0.39, 0.29) is 0 Å². The summed E-state index contributed by atoms with van der Waals surface area (Å²) >= 11 is 0. The van der Waals surface area contributed by atoms with Crippen LogP contribution in [0.3, 0.4) is 0 Å². The predicted octanol–water partition coefficient (Wildman–Crippen LogP) is 4.02. The van der Waals surface area contributed by atoms with Crippen LogP contribution in [0.2, 0.25) is 19.6 Å². The lowest BCUT2D eigenvalue weighted by atomic mass is 10.2. The summed E-state index contributed by atoms with van der Waals surface area (Å²) in [5.74, 6) is 0.730. The van der Waals surface area contributed by atoms with Crippen LogP contribution in [0.4, 0.5) is 0 Å². The predicted molar refractivity (Wildman–Crippen MR) is 96.5 cm³/mol. The number of carbonyl (C=O) groups excluding carboxylic acids is 1. The molecule has 0 saturated heterocycles. The summed E-state index contributed by atoms with van der Waals surface area (Å²) < 4.78 is 11.2. The monoisotopic (exact) mass is 326 g/mol. The van der Waals surface area contributed by atoms with Crippen molar-refractivity contribution in [2.24, 2.45) is 0 Å². The van der Waals surface area contributed by atoms with Gasteiger partial charge in [-0.1, -0.05) is 62.6 Å². The normalized spacial score (nSPS) is 10.9. The Morgan fingerprint density at radius 3 is 2.30 bits per heavy atom. The Balaban J connectivity index is 2.29. The molecule has 23 heavy (non-hydrogen) atoms. The first-order chi connectivity index (χ1) is 10.9. The topological polar surface area (TPSA) is 35.5 Å². The maximum Gasteiger partial charge on any atom is 0.347 e. The molecule has 0 N–H and O–H groups in total. The van der Waals surface area contributed by atoms with E-state index in [2.05, 4.69) is 26.2 Å². The van der Waals surface area contributed by atoms with Crippen molar-refractivity contribution in [3.63, 3.8) is 0 Å². The molecule has 2 rings (SSSR count). The second-order valence-electron chi connectivity index (χ2n) is 6.23. The van der Waals surface area contributed by atoms with E-state index in [4.69, 9.17) is 9.47 Å². The van der Waals surface area contributed by atoms with Gasteiger partial charge in [0, 0.05) is 0 Å². The van der Waals surface area contributed by atoms with Crippen molar-refractivity contribution in [3.05, 3.63) is 66.7 Å². The third kappa shape index (κ3) is 4.33. The second kappa shape index (κ2) is 7.29. The molecule has 0 spiro atoms. The van der Waals surface area contributed by atoms with Crippen LogP contribution < -0.4 is 14.7 Å². The number of esters is 1. The summed E-state index contributed by atoms with van der Waals surface area (Å²) in [6, 6.07) is 14.8. The Kier molecular flexibility index (Phi) is 5.39. The maximum absolute atomic E-state index is 12.6. The van der Waals surface area contributed by atoms with Gasteiger partial charge in [-0.15, -0.1) is 0 Å². The fourth-order valence-electron chi connectivity index (χ4n) is 2.24. The molecule has 2 aromatic rings. The Morgan fingerprint density at radius 2 is 1.65 bits per heavy atom. The van der Waals surface area contributed by atoms with Crippen LogP contribution in [-0.2, 0) is 0 Å². The van der Waals surface area contributed by atoms with E-state index in [1.54, 1.807) is 24.3 Å². The minimum Gasteiger partial charge on any atom is -0.489 e. The first-order valence-corrected chi connectivity index (χ1v) is 11.1. The molecule has 4 heteroatoms. The highest BCUT2D eigenvalue weighted by Gasteiger charge is 2.23. The molecule has 0 aliphatic carbocycles. The average molecular weight is 326 g/mol. The number of carbonyl (C=O) groups is 1. The average Bonchev–Trinajstić information content (AvgIpc) is 2.52. The number of rotatable bonds is 6. The summed E-state index contributed by atoms with van der Waals surface area (Å²) in [7, 11) is -1.60.